The second-order valence-corrected chi connectivity index (χ2v) is 3.42. The number of aliphatic hydroxyl groups is 1. The van der Waals surface area contributed by atoms with Gasteiger partial charge in [-0.25, -0.2) is 0 Å². The van der Waals surface area contributed by atoms with Gasteiger partial charge in [0.2, 0.25) is 0 Å². The second kappa shape index (κ2) is 2.20. The van der Waals surface area contributed by atoms with E-state index < -0.39 is 5.60 Å². The molecule has 0 radical (unpaired) electrons. The highest BCUT2D eigenvalue weighted by molar-refractivity contribution is 5.09. The topological polar surface area (TPSA) is 53.2 Å². The fourth-order valence-electron chi connectivity index (χ4n) is 2.15. The van der Waals surface area contributed by atoms with Crippen LogP contribution in [0, 0.1) is 17.2 Å². The lowest BCUT2D eigenvalue weighted by Crippen LogP contribution is -2.37. The highest BCUT2D eigenvalue weighted by Crippen LogP contribution is 2.46. The van der Waals surface area contributed by atoms with Gasteiger partial charge in [0.1, 0.15) is 5.60 Å². The molecular weight excluding hydrogens is 142 g/mol. The number of ether oxygens (including phenoxy) is 1. The summed E-state index contributed by atoms with van der Waals surface area (Å²) in [6.45, 7) is 0.00171. The molecule has 0 spiro atoms. The third-order valence-corrected chi connectivity index (χ3v) is 2.85. The van der Waals surface area contributed by atoms with Gasteiger partial charge >= 0.3 is 0 Å². The smallest absolute Gasteiger partial charge is 0.107 e. The molecule has 1 N–H and O–H groups in total. The van der Waals surface area contributed by atoms with Gasteiger partial charge in [0, 0.05) is 0 Å². The quantitative estimate of drug-likeness (QED) is 0.594. The first-order chi connectivity index (χ1) is 5.30. The Morgan fingerprint density at radius 1 is 1.73 bits per heavy atom. The fourth-order valence-corrected chi connectivity index (χ4v) is 2.15. The number of rotatable bonds is 1. The first kappa shape index (κ1) is 7.08. The maximum atomic E-state index is 9.07. The van der Waals surface area contributed by atoms with E-state index in [0.29, 0.717) is 0 Å². The number of hydrogen-bond acceptors (Lipinski definition) is 3. The molecule has 2 aliphatic heterocycles. The molecule has 2 rings (SSSR count). The zero-order valence-corrected chi connectivity index (χ0v) is 6.29. The molecule has 60 valence electrons. The van der Waals surface area contributed by atoms with Crippen molar-refractivity contribution < 1.29 is 9.84 Å². The van der Waals surface area contributed by atoms with Crippen LogP contribution < -0.4 is 0 Å². The lowest BCUT2D eigenvalue weighted by Gasteiger charge is -2.25. The van der Waals surface area contributed by atoms with Crippen molar-refractivity contribution in [1.82, 2.24) is 0 Å². The average Bonchev–Trinajstić information content (AvgIpc) is 2.60. The molecule has 3 atom stereocenters. The predicted molar refractivity (Wildman–Crippen MR) is 37.6 cm³/mol. The standard InChI is InChI=1S/C8H11NO2/c9-4-6-3-7-1-2-8(6,5-10)11-7/h6-7,10H,1-3,5H2. The summed E-state index contributed by atoms with van der Waals surface area (Å²) in [6, 6.07) is 2.20. The molecule has 0 aromatic heterocycles. The molecule has 2 bridgehead atoms. The van der Waals surface area contributed by atoms with Crippen LogP contribution in [0.4, 0.5) is 0 Å². The van der Waals surface area contributed by atoms with E-state index in [1.54, 1.807) is 0 Å². The van der Waals surface area contributed by atoms with Gasteiger partial charge in [0.05, 0.1) is 24.7 Å². The summed E-state index contributed by atoms with van der Waals surface area (Å²) in [5.41, 5.74) is -0.487. The van der Waals surface area contributed by atoms with Crippen LogP contribution in [0.15, 0.2) is 0 Å². The van der Waals surface area contributed by atoms with Crippen molar-refractivity contribution in [2.75, 3.05) is 6.61 Å². The maximum Gasteiger partial charge on any atom is 0.107 e. The molecule has 0 amide bonds. The fraction of sp³-hybridized carbons (Fsp3) is 0.875. The largest absolute Gasteiger partial charge is 0.393 e. The van der Waals surface area contributed by atoms with E-state index in [0.717, 1.165) is 19.3 Å². The highest BCUT2D eigenvalue weighted by Gasteiger charge is 2.53. The molecule has 2 saturated heterocycles. The molecule has 0 aliphatic carbocycles. The van der Waals surface area contributed by atoms with Crippen LogP contribution in [-0.4, -0.2) is 23.4 Å². The van der Waals surface area contributed by atoms with E-state index >= 15 is 0 Å². The van der Waals surface area contributed by atoms with E-state index in [2.05, 4.69) is 6.07 Å². The molecule has 2 aliphatic rings. The Labute approximate surface area is 65.6 Å². The van der Waals surface area contributed by atoms with Crippen molar-refractivity contribution >= 4 is 0 Å². The summed E-state index contributed by atoms with van der Waals surface area (Å²) >= 11 is 0. The SMILES string of the molecule is N#CC1CC2CCC1(CO)O2. The molecule has 3 nitrogen and oxygen atoms in total. The van der Waals surface area contributed by atoms with Crippen molar-refractivity contribution in [1.29, 1.82) is 5.26 Å². The van der Waals surface area contributed by atoms with Crippen molar-refractivity contribution in [3.8, 4) is 6.07 Å². The summed E-state index contributed by atoms with van der Waals surface area (Å²) in [7, 11) is 0. The Balaban J connectivity index is 2.23. The van der Waals surface area contributed by atoms with Gasteiger partial charge in [-0.1, -0.05) is 0 Å². The normalized spacial score (nSPS) is 47.6. The third kappa shape index (κ3) is 0.800. The summed E-state index contributed by atoms with van der Waals surface area (Å²) in [5, 5.41) is 17.8. The van der Waals surface area contributed by atoms with E-state index in [-0.39, 0.29) is 18.6 Å². The first-order valence-electron chi connectivity index (χ1n) is 3.99. The zero-order chi connectivity index (χ0) is 7.90. The molecule has 3 heteroatoms. The minimum atomic E-state index is -0.487. The van der Waals surface area contributed by atoms with Gasteiger partial charge in [-0.05, 0) is 19.3 Å². The van der Waals surface area contributed by atoms with Crippen LogP contribution in [0.5, 0.6) is 0 Å². The van der Waals surface area contributed by atoms with Crippen molar-refractivity contribution in [2.24, 2.45) is 5.92 Å². The predicted octanol–water partition coefficient (Wildman–Crippen LogP) is 0.440. The minimum Gasteiger partial charge on any atom is -0.393 e. The number of aliphatic hydroxyl groups excluding tert-OH is 1. The van der Waals surface area contributed by atoms with Gasteiger partial charge in [-0.2, -0.15) is 5.26 Å². The molecule has 11 heavy (non-hydrogen) atoms. The monoisotopic (exact) mass is 153 g/mol. The molecule has 0 aromatic carbocycles. The van der Waals surface area contributed by atoms with E-state index in [9.17, 15) is 0 Å². The molecule has 2 heterocycles. The van der Waals surface area contributed by atoms with Crippen LogP contribution in [0.3, 0.4) is 0 Å². The second-order valence-electron chi connectivity index (χ2n) is 3.42. The van der Waals surface area contributed by atoms with Crippen molar-refractivity contribution in [3.05, 3.63) is 0 Å². The minimum absolute atomic E-state index is 0.00171. The molecule has 0 saturated carbocycles. The number of nitrogens with zero attached hydrogens (tertiary/aromatic N) is 1. The zero-order valence-electron chi connectivity index (χ0n) is 6.29. The van der Waals surface area contributed by atoms with Gasteiger partial charge in [0.25, 0.3) is 0 Å². The van der Waals surface area contributed by atoms with Crippen LogP contribution in [0.2, 0.25) is 0 Å². The summed E-state index contributed by atoms with van der Waals surface area (Å²) in [6.07, 6.45) is 2.93. The molecule has 0 aromatic rings. The van der Waals surface area contributed by atoms with Gasteiger partial charge < -0.3 is 9.84 Å². The van der Waals surface area contributed by atoms with Gasteiger partial charge in [-0.3, -0.25) is 0 Å². The third-order valence-electron chi connectivity index (χ3n) is 2.85. The number of hydrogen-bond donors (Lipinski definition) is 1. The van der Waals surface area contributed by atoms with Crippen LogP contribution in [0.25, 0.3) is 0 Å². The maximum absolute atomic E-state index is 9.07. The Morgan fingerprint density at radius 2 is 2.55 bits per heavy atom. The van der Waals surface area contributed by atoms with Crippen LogP contribution in [0.1, 0.15) is 19.3 Å². The molecule has 2 fully saturated rings. The number of fused-ring (bicyclic) bond motifs is 2. The Kier molecular flexibility index (Phi) is 1.41. The average molecular weight is 153 g/mol. The Bertz CT molecular complexity index is 211. The van der Waals surface area contributed by atoms with E-state index in [1.807, 2.05) is 0 Å². The Morgan fingerprint density at radius 3 is 3.00 bits per heavy atom. The highest BCUT2D eigenvalue weighted by atomic mass is 16.5. The van der Waals surface area contributed by atoms with E-state index in [1.165, 1.54) is 0 Å². The van der Waals surface area contributed by atoms with Crippen LogP contribution >= 0.6 is 0 Å². The lowest BCUT2D eigenvalue weighted by molar-refractivity contribution is -0.0394. The van der Waals surface area contributed by atoms with Gasteiger partial charge in [0.15, 0.2) is 0 Å². The van der Waals surface area contributed by atoms with E-state index in [4.69, 9.17) is 15.1 Å². The summed E-state index contributed by atoms with van der Waals surface area (Å²) in [5.74, 6) is -0.0775. The lowest BCUT2D eigenvalue weighted by atomic mass is 9.80. The van der Waals surface area contributed by atoms with Crippen molar-refractivity contribution in [2.45, 2.75) is 31.0 Å². The number of nitriles is 1. The summed E-state index contributed by atoms with van der Waals surface area (Å²) in [4.78, 5) is 0. The Hall–Kier alpha value is -0.590. The summed E-state index contributed by atoms with van der Waals surface area (Å²) < 4.78 is 5.54. The first-order valence-corrected chi connectivity index (χ1v) is 3.99. The molecule has 3 unspecified atom stereocenters. The van der Waals surface area contributed by atoms with Crippen LogP contribution in [-0.2, 0) is 4.74 Å². The molecular formula is C8H11NO2. The van der Waals surface area contributed by atoms with Crippen molar-refractivity contribution in [3.63, 3.8) is 0 Å². The van der Waals surface area contributed by atoms with Gasteiger partial charge in [-0.15, -0.1) is 0 Å².